The summed E-state index contributed by atoms with van der Waals surface area (Å²) in [4.78, 5) is 19.8. The number of fused-ring (bicyclic) bond motifs is 1. The molecule has 0 N–H and O–H groups in total. The number of aryl methyl sites for hydroxylation is 1. The minimum absolute atomic E-state index is 0.196. The van der Waals surface area contributed by atoms with Gasteiger partial charge in [0.05, 0.1) is 30.1 Å². The van der Waals surface area contributed by atoms with Gasteiger partial charge in [-0.1, -0.05) is 41.7 Å². The number of thiazole rings is 1. The third-order valence-electron chi connectivity index (χ3n) is 4.89. The Hall–Kier alpha value is -3.64. The van der Waals surface area contributed by atoms with Gasteiger partial charge >= 0.3 is 0 Å². The van der Waals surface area contributed by atoms with Gasteiger partial charge in [0.2, 0.25) is 0 Å². The van der Waals surface area contributed by atoms with Crippen molar-refractivity contribution in [1.82, 2.24) is 4.98 Å². The molecule has 0 spiro atoms. The summed E-state index contributed by atoms with van der Waals surface area (Å²) in [5.74, 6) is 1.15. The van der Waals surface area contributed by atoms with Crippen molar-refractivity contribution in [2.45, 2.75) is 6.92 Å². The largest absolute Gasteiger partial charge is 0.497 e. The van der Waals surface area contributed by atoms with Gasteiger partial charge in [-0.05, 0) is 55.0 Å². The number of methoxy groups -OCH3 is 2. The van der Waals surface area contributed by atoms with Crippen LogP contribution in [0.4, 0.5) is 10.8 Å². The average Bonchev–Trinajstić information content (AvgIpc) is 3.22. The van der Waals surface area contributed by atoms with Crippen molar-refractivity contribution < 1.29 is 14.3 Å². The van der Waals surface area contributed by atoms with Crippen LogP contribution in [0.1, 0.15) is 11.1 Å². The Morgan fingerprint density at radius 2 is 1.77 bits per heavy atom. The molecule has 3 aromatic carbocycles. The van der Waals surface area contributed by atoms with E-state index in [0.29, 0.717) is 16.6 Å². The summed E-state index contributed by atoms with van der Waals surface area (Å²) < 4.78 is 11.8. The van der Waals surface area contributed by atoms with E-state index in [-0.39, 0.29) is 5.91 Å². The first kappa shape index (κ1) is 20.6. The molecule has 0 aliphatic heterocycles. The van der Waals surface area contributed by atoms with Crippen LogP contribution in [0.25, 0.3) is 16.3 Å². The predicted molar refractivity (Wildman–Crippen MR) is 127 cm³/mol. The van der Waals surface area contributed by atoms with Crippen molar-refractivity contribution >= 4 is 44.4 Å². The summed E-state index contributed by atoms with van der Waals surface area (Å²) in [5, 5.41) is 0.628. The van der Waals surface area contributed by atoms with Gasteiger partial charge in [0.15, 0.2) is 5.13 Å². The number of rotatable bonds is 6. The van der Waals surface area contributed by atoms with Crippen molar-refractivity contribution in [3.8, 4) is 11.5 Å². The molecule has 6 heteroatoms. The zero-order chi connectivity index (χ0) is 21.8. The Morgan fingerprint density at radius 1 is 1.00 bits per heavy atom. The molecule has 0 atom stereocenters. The topological polar surface area (TPSA) is 51.7 Å². The van der Waals surface area contributed by atoms with Crippen LogP contribution in [-0.4, -0.2) is 25.1 Å². The van der Waals surface area contributed by atoms with Gasteiger partial charge < -0.3 is 9.47 Å². The Labute approximate surface area is 185 Å². The van der Waals surface area contributed by atoms with Crippen molar-refractivity contribution in [1.29, 1.82) is 0 Å². The predicted octanol–water partition coefficient (Wildman–Crippen LogP) is 6.00. The summed E-state index contributed by atoms with van der Waals surface area (Å²) in [6.45, 7) is 1.98. The number of hydrogen-bond donors (Lipinski definition) is 0. The quantitative estimate of drug-likeness (QED) is 0.352. The lowest BCUT2D eigenvalue weighted by molar-refractivity contribution is -0.113. The third kappa shape index (κ3) is 4.29. The van der Waals surface area contributed by atoms with E-state index in [1.807, 2.05) is 73.7 Å². The first-order valence-electron chi connectivity index (χ1n) is 9.76. The lowest BCUT2D eigenvalue weighted by Crippen LogP contribution is -2.24. The van der Waals surface area contributed by atoms with E-state index in [1.54, 1.807) is 25.2 Å². The number of hydrogen-bond acceptors (Lipinski definition) is 5. The van der Waals surface area contributed by atoms with E-state index in [4.69, 9.17) is 14.5 Å². The number of carbonyl (C=O) groups excluding carboxylic acids is 1. The second kappa shape index (κ2) is 9.02. The maximum atomic E-state index is 13.4. The Morgan fingerprint density at radius 3 is 2.52 bits per heavy atom. The zero-order valence-corrected chi connectivity index (χ0v) is 18.3. The van der Waals surface area contributed by atoms with Crippen LogP contribution < -0.4 is 14.4 Å². The van der Waals surface area contributed by atoms with E-state index in [2.05, 4.69) is 0 Å². The lowest BCUT2D eigenvalue weighted by atomic mass is 10.1. The molecule has 1 aromatic heterocycles. The highest BCUT2D eigenvalue weighted by Gasteiger charge is 2.21. The van der Waals surface area contributed by atoms with E-state index < -0.39 is 0 Å². The number of ether oxygens (including phenoxy) is 2. The molecule has 156 valence electrons. The fourth-order valence-corrected chi connectivity index (χ4v) is 4.28. The molecule has 31 heavy (non-hydrogen) atoms. The lowest BCUT2D eigenvalue weighted by Gasteiger charge is -2.20. The second-order valence-electron chi connectivity index (χ2n) is 6.87. The number of nitrogens with zero attached hydrogens (tertiary/aromatic N) is 2. The molecule has 1 amide bonds. The second-order valence-corrected chi connectivity index (χ2v) is 7.87. The van der Waals surface area contributed by atoms with Crippen LogP contribution in [-0.2, 0) is 4.79 Å². The van der Waals surface area contributed by atoms with E-state index >= 15 is 0 Å². The fourth-order valence-electron chi connectivity index (χ4n) is 3.29. The molecule has 0 saturated carbocycles. The minimum Gasteiger partial charge on any atom is -0.497 e. The highest BCUT2D eigenvalue weighted by Crippen LogP contribution is 2.35. The molecule has 4 rings (SSSR count). The highest BCUT2D eigenvalue weighted by molar-refractivity contribution is 7.22. The molecule has 5 nitrogen and oxygen atoms in total. The van der Waals surface area contributed by atoms with Crippen LogP contribution in [0.5, 0.6) is 11.5 Å². The molecule has 0 aliphatic rings. The van der Waals surface area contributed by atoms with E-state index in [0.717, 1.165) is 27.0 Å². The molecule has 0 aliphatic carbocycles. The maximum absolute atomic E-state index is 13.4. The van der Waals surface area contributed by atoms with E-state index in [1.165, 1.54) is 17.4 Å². The van der Waals surface area contributed by atoms with Crippen LogP contribution in [0.2, 0.25) is 0 Å². The molecular formula is C25H22N2O3S. The SMILES string of the molecule is COc1ccc(OC)c(/C=C/C(=O)N(c2nc3ccccc3s2)c2ccccc2C)c1. The molecule has 0 radical (unpaired) electrons. The smallest absolute Gasteiger partial charge is 0.257 e. The molecule has 1 heterocycles. The fraction of sp³-hybridized carbons (Fsp3) is 0.120. The van der Waals surface area contributed by atoms with Crippen LogP contribution in [0.15, 0.2) is 72.8 Å². The molecule has 0 fully saturated rings. The van der Waals surface area contributed by atoms with E-state index in [9.17, 15) is 4.79 Å². The molecular weight excluding hydrogens is 408 g/mol. The Balaban J connectivity index is 1.76. The standard InChI is InChI=1S/C25H22N2O3S/c1-17-8-4-6-10-21(17)27(25-26-20-9-5-7-11-23(20)31-25)24(28)15-12-18-16-19(29-2)13-14-22(18)30-3/h4-16H,1-3H3/b15-12+. The van der Waals surface area contributed by atoms with Crippen LogP contribution in [0.3, 0.4) is 0 Å². The number of amides is 1. The molecule has 4 aromatic rings. The van der Waals surface area contributed by atoms with Gasteiger partial charge in [-0.2, -0.15) is 0 Å². The Bertz CT molecular complexity index is 1230. The first-order chi connectivity index (χ1) is 15.1. The van der Waals surface area contributed by atoms with Crippen LogP contribution in [0, 0.1) is 6.92 Å². The van der Waals surface area contributed by atoms with Gasteiger partial charge in [0.1, 0.15) is 11.5 Å². The summed E-state index contributed by atoms with van der Waals surface area (Å²) in [6, 6.07) is 21.1. The Kier molecular flexibility index (Phi) is 6.00. The summed E-state index contributed by atoms with van der Waals surface area (Å²) in [5.41, 5.74) is 3.41. The molecule has 0 bridgehead atoms. The normalized spacial score (nSPS) is 11.1. The van der Waals surface area contributed by atoms with Gasteiger partial charge in [-0.25, -0.2) is 4.98 Å². The number of para-hydroxylation sites is 2. The zero-order valence-electron chi connectivity index (χ0n) is 17.5. The number of benzene rings is 3. The summed E-state index contributed by atoms with van der Waals surface area (Å²) in [6.07, 6.45) is 3.28. The monoisotopic (exact) mass is 430 g/mol. The number of anilines is 2. The maximum Gasteiger partial charge on any atom is 0.257 e. The average molecular weight is 431 g/mol. The third-order valence-corrected chi connectivity index (χ3v) is 5.91. The first-order valence-corrected chi connectivity index (χ1v) is 10.6. The number of aromatic nitrogens is 1. The van der Waals surface area contributed by atoms with Gasteiger partial charge in [0, 0.05) is 11.6 Å². The summed E-state index contributed by atoms with van der Waals surface area (Å²) in [7, 11) is 3.20. The number of carbonyl (C=O) groups is 1. The minimum atomic E-state index is -0.196. The van der Waals surface area contributed by atoms with Crippen molar-refractivity contribution in [2.75, 3.05) is 19.1 Å². The molecule has 0 unspecified atom stereocenters. The highest BCUT2D eigenvalue weighted by atomic mass is 32.1. The van der Waals surface area contributed by atoms with Crippen molar-refractivity contribution in [2.24, 2.45) is 0 Å². The van der Waals surface area contributed by atoms with Gasteiger partial charge in [0.25, 0.3) is 5.91 Å². The van der Waals surface area contributed by atoms with Gasteiger partial charge in [-0.3, -0.25) is 9.69 Å². The molecule has 0 saturated heterocycles. The van der Waals surface area contributed by atoms with Gasteiger partial charge in [-0.15, -0.1) is 0 Å². The van der Waals surface area contributed by atoms with Crippen molar-refractivity contribution in [3.05, 3.63) is 83.9 Å². The summed E-state index contributed by atoms with van der Waals surface area (Å²) >= 11 is 1.49. The van der Waals surface area contributed by atoms with Crippen LogP contribution >= 0.6 is 11.3 Å². The van der Waals surface area contributed by atoms with Crippen molar-refractivity contribution in [3.63, 3.8) is 0 Å².